The van der Waals surface area contributed by atoms with Crippen molar-refractivity contribution in [2.24, 2.45) is 0 Å². The highest BCUT2D eigenvalue weighted by atomic mass is 32.1. The number of hydrogen-bond acceptors (Lipinski definition) is 3. The Balaban J connectivity index is 2.20. The predicted octanol–water partition coefficient (Wildman–Crippen LogP) is 2.48. The van der Waals surface area contributed by atoms with E-state index in [-0.39, 0.29) is 12.2 Å². The van der Waals surface area contributed by atoms with Crippen molar-refractivity contribution in [2.45, 2.75) is 26.1 Å². The molecule has 1 saturated heterocycles. The van der Waals surface area contributed by atoms with Gasteiger partial charge in [-0.3, -0.25) is 0 Å². The number of methoxy groups -OCH3 is 1. The largest absolute Gasteiger partial charge is 0.496 e. The van der Waals surface area contributed by atoms with Crippen LogP contribution in [0.25, 0.3) is 0 Å². The van der Waals surface area contributed by atoms with E-state index in [0.717, 1.165) is 29.4 Å². The number of ether oxygens (including phenoxy) is 2. The first-order chi connectivity index (χ1) is 8.61. The van der Waals surface area contributed by atoms with Crippen LogP contribution in [0.15, 0.2) is 24.3 Å². The summed E-state index contributed by atoms with van der Waals surface area (Å²) in [6.07, 6.45) is 0.419. The van der Waals surface area contributed by atoms with Crippen LogP contribution in [0.4, 0.5) is 0 Å². The van der Waals surface area contributed by atoms with Crippen LogP contribution in [0.5, 0.6) is 5.75 Å². The fraction of sp³-hybridized carbons (Fsp3) is 0.500. The van der Waals surface area contributed by atoms with Crippen LogP contribution in [-0.4, -0.2) is 42.3 Å². The molecule has 2 atom stereocenters. The lowest BCUT2D eigenvalue weighted by Gasteiger charge is -2.37. The third kappa shape index (κ3) is 2.82. The highest BCUT2D eigenvalue weighted by Crippen LogP contribution is 2.22. The molecule has 2 rings (SSSR count). The van der Waals surface area contributed by atoms with Gasteiger partial charge >= 0.3 is 0 Å². The molecule has 0 radical (unpaired) electrons. The number of benzene rings is 1. The van der Waals surface area contributed by atoms with Gasteiger partial charge in [0, 0.05) is 13.1 Å². The molecule has 3 nitrogen and oxygen atoms in total. The molecule has 1 aromatic carbocycles. The van der Waals surface area contributed by atoms with Crippen molar-refractivity contribution in [1.29, 1.82) is 0 Å². The molecule has 18 heavy (non-hydrogen) atoms. The van der Waals surface area contributed by atoms with Crippen molar-refractivity contribution >= 4 is 17.2 Å². The van der Waals surface area contributed by atoms with Gasteiger partial charge in [-0.25, -0.2) is 0 Å². The smallest absolute Gasteiger partial charge is 0.129 e. The standard InChI is InChI=1S/C14H19NO2S/c1-10-8-15(9-11(2)17-10)14(18)12-6-4-5-7-13(12)16-3/h4-7,10-11H,8-9H2,1-3H3/t10-,11+. The Kier molecular flexibility index (Phi) is 4.19. The van der Waals surface area contributed by atoms with E-state index in [4.69, 9.17) is 21.7 Å². The van der Waals surface area contributed by atoms with Crippen LogP contribution in [0.2, 0.25) is 0 Å². The lowest BCUT2D eigenvalue weighted by Crippen LogP contribution is -2.47. The summed E-state index contributed by atoms with van der Waals surface area (Å²) in [5, 5.41) is 0. The van der Waals surface area contributed by atoms with E-state index in [1.54, 1.807) is 7.11 Å². The molecule has 1 aliphatic rings. The molecule has 1 fully saturated rings. The van der Waals surface area contributed by atoms with Crippen molar-refractivity contribution in [3.8, 4) is 5.75 Å². The first kappa shape index (κ1) is 13.3. The van der Waals surface area contributed by atoms with Crippen molar-refractivity contribution in [3.63, 3.8) is 0 Å². The predicted molar refractivity (Wildman–Crippen MR) is 76.3 cm³/mol. The zero-order valence-corrected chi connectivity index (χ0v) is 11.9. The van der Waals surface area contributed by atoms with Crippen LogP contribution in [0.3, 0.4) is 0 Å². The first-order valence-electron chi connectivity index (χ1n) is 6.19. The Morgan fingerprint density at radius 1 is 1.28 bits per heavy atom. The molecule has 0 saturated carbocycles. The Morgan fingerprint density at radius 2 is 1.89 bits per heavy atom. The van der Waals surface area contributed by atoms with E-state index in [1.165, 1.54) is 0 Å². The maximum absolute atomic E-state index is 5.73. The number of hydrogen-bond donors (Lipinski definition) is 0. The maximum Gasteiger partial charge on any atom is 0.129 e. The highest BCUT2D eigenvalue weighted by molar-refractivity contribution is 7.80. The highest BCUT2D eigenvalue weighted by Gasteiger charge is 2.25. The fourth-order valence-electron chi connectivity index (χ4n) is 2.34. The Hall–Kier alpha value is -1.13. The van der Waals surface area contributed by atoms with Crippen LogP contribution < -0.4 is 4.74 Å². The van der Waals surface area contributed by atoms with Gasteiger partial charge in [0.15, 0.2) is 0 Å². The van der Waals surface area contributed by atoms with Gasteiger partial charge in [-0.05, 0) is 26.0 Å². The lowest BCUT2D eigenvalue weighted by molar-refractivity contribution is -0.0472. The van der Waals surface area contributed by atoms with Gasteiger partial charge < -0.3 is 14.4 Å². The number of para-hydroxylation sites is 1. The summed E-state index contributed by atoms with van der Waals surface area (Å²) >= 11 is 5.59. The van der Waals surface area contributed by atoms with Crippen molar-refractivity contribution in [2.75, 3.05) is 20.2 Å². The Bertz CT molecular complexity index is 426. The van der Waals surface area contributed by atoms with Gasteiger partial charge in [0.05, 0.1) is 24.9 Å². The number of morpholine rings is 1. The van der Waals surface area contributed by atoms with E-state index in [2.05, 4.69) is 18.7 Å². The minimum Gasteiger partial charge on any atom is -0.496 e. The zero-order chi connectivity index (χ0) is 13.1. The molecule has 1 aromatic rings. The number of thiocarbonyl (C=S) groups is 1. The van der Waals surface area contributed by atoms with E-state index in [0.29, 0.717) is 0 Å². The molecule has 0 bridgehead atoms. The minimum absolute atomic E-state index is 0.210. The Morgan fingerprint density at radius 3 is 2.50 bits per heavy atom. The molecule has 0 aromatic heterocycles. The van der Waals surface area contributed by atoms with E-state index < -0.39 is 0 Å². The second kappa shape index (κ2) is 5.67. The molecular formula is C14H19NO2S. The summed E-state index contributed by atoms with van der Waals surface area (Å²) in [6, 6.07) is 7.88. The third-order valence-corrected chi connectivity index (χ3v) is 3.52. The topological polar surface area (TPSA) is 21.7 Å². The second-order valence-electron chi connectivity index (χ2n) is 4.67. The quantitative estimate of drug-likeness (QED) is 0.766. The van der Waals surface area contributed by atoms with E-state index in [9.17, 15) is 0 Å². The fourth-order valence-corrected chi connectivity index (χ4v) is 2.65. The molecular weight excluding hydrogens is 246 g/mol. The normalized spacial score (nSPS) is 23.8. The number of rotatable bonds is 2. The van der Waals surface area contributed by atoms with Crippen LogP contribution in [-0.2, 0) is 4.74 Å². The molecule has 0 unspecified atom stereocenters. The lowest BCUT2D eigenvalue weighted by atomic mass is 10.1. The minimum atomic E-state index is 0.210. The first-order valence-corrected chi connectivity index (χ1v) is 6.60. The van der Waals surface area contributed by atoms with Crippen molar-refractivity contribution in [1.82, 2.24) is 4.90 Å². The van der Waals surface area contributed by atoms with Gasteiger partial charge in [0.25, 0.3) is 0 Å². The summed E-state index contributed by atoms with van der Waals surface area (Å²) in [4.78, 5) is 3.04. The van der Waals surface area contributed by atoms with Crippen LogP contribution in [0, 0.1) is 0 Å². The third-order valence-electron chi connectivity index (χ3n) is 3.04. The molecule has 0 N–H and O–H groups in total. The molecule has 0 amide bonds. The molecule has 1 aliphatic heterocycles. The van der Waals surface area contributed by atoms with E-state index >= 15 is 0 Å². The van der Waals surface area contributed by atoms with Gasteiger partial charge in [0.2, 0.25) is 0 Å². The van der Waals surface area contributed by atoms with Crippen molar-refractivity contribution in [3.05, 3.63) is 29.8 Å². The van der Waals surface area contributed by atoms with Crippen molar-refractivity contribution < 1.29 is 9.47 Å². The SMILES string of the molecule is COc1ccccc1C(=S)N1C[C@@H](C)O[C@@H](C)C1. The average Bonchev–Trinajstić information content (AvgIpc) is 2.36. The molecule has 1 heterocycles. The summed E-state index contributed by atoms with van der Waals surface area (Å²) < 4.78 is 11.1. The Labute approximate surface area is 114 Å². The van der Waals surface area contributed by atoms with E-state index in [1.807, 2.05) is 24.3 Å². The van der Waals surface area contributed by atoms with Crippen LogP contribution in [0.1, 0.15) is 19.4 Å². The van der Waals surface area contributed by atoms with Gasteiger partial charge in [-0.2, -0.15) is 0 Å². The van der Waals surface area contributed by atoms with Crippen LogP contribution >= 0.6 is 12.2 Å². The second-order valence-corrected chi connectivity index (χ2v) is 5.05. The summed E-state index contributed by atoms with van der Waals surface area (Å²) in [5.74, 6) is 0.828. The van der Waals surface area contributed by atoms with Gasteiger partial charge in [0.1, 0.15) is 10.7 Å². The number of nitrogens with zero attached hydrogens (tertiary/aromatic N) is 1. The summed E-state index contributed by atoms with van der Waals surface area (Å²) in [7, 11) is 1.67. The maximum atomic E-state index is 5.73. The monoisotopic (exact) mass is 265 g/mol. The zero-order valence-electron chi connectivity index (χ0n) is 11.1. The van der Waals surface area contributed by atoms with Gasteiger partial charge in [-0.15, -0.1) is 0 Å². The molecule has 98 valence electrons. The molecule has 4 heteroatoms. The molecule has 0 aliphatic carbocycles. The summed E-state index contributed by atoms with van der Waals surface area (Å²) in [5.41, 5.74) is 0.983. The molecule has 0 spiro atoms. The van der Waals surface area contributed by atoms with Gasteiger partial charge in [-0.1, -0.05) is 24.4 Å². The summed E-state index contributed by atoms with van der Waals surface area (Å²) in [6.45, 7) is 5.82. The average molecular weight is 265 g/mol.